The van der Waals surface area contributed by atoms with Crippen LogP contribution in [0, 0.1) is 5.82 Å². The van der Waals surface area contributed by atoms with Crippen molar-refractivity contribution in [3.63, 3.8) is 0 Å². The molecule has 0 aliphatic carbocycles. The maximum Gasteiger partial charge on any atom is 0.187 e. The van der Waals surface area contributed by atoms with Crippen LogP contribution in [0.1, 0.15) is 50.9 Å². The zero-order chi connectivity index (χ0) is 16.4. The molecule has 2 rings (SSSR count). The average molecular weight is 304 g/mol. The Morgan fingerprint density at radius 3 is 2.27 bits per heavy atom. The second-order valence-electron chi connectivity index (χ2n) is 7.37. The van der Waals surface area contributed by atoms with Gasteiger partial charge in [-0.1, -0.05) is 0 Å². The van der Waals surface area contributed by atoms with Crippen molar-refractivity contribution in [1.82, 2.24) is 10.6 Å². The Labute approximate surface area is 132 Å². The smallest absolute Gasteiger partial charge is 0.187 e. The van der Waals surface area contributed by atoms with Gasteiger partial charge in [0.2, 0.25) is 0 Å². The third-order valence-corrected chi connectivity index (χ3v) is 3.89. The summed E-state index contributed by atoms with van der Waals surface area (Å²) in [6, 6.07) is 5.92. The Bertz CT molecular complexity index is 545. The van der Waals surface area contributed by atoms with E-state index in [1.54, 1.807) is 6.20 Å². The minimum Gasteiger partial charge on any atom is -0.388 e. The highest BCUT2D eigenvalue weighted by molar-refractivity contribution is 6.04. The summed E-state index contributed by atoms with van der Waals surface area (Å²) in [5.41, 5.74) is 0.619. The first-order chi connectivity index (χ1) is 10.2. The number of allylic oxidation sites excluding steroid dienone is 1. The molecular formula is C18H25FN2O. The van der Waals surface area contributed by atoms with Crippen molar-refractivity contribution in [2.24, 2.45) is 0 Å². The maximum absolute atomic E-state index is 12.8. The van der Waals surface area contributed by atoms with Crippen molar-refractivity contribution >= 4 is 5.78 Å². The molecule has 1 fully saturated rings. The second kappa shape index (κ2) is 6.21. The number of ketones is 1. The summed E-state index contributed by atoms with van der Waals surface area (Å²) in [5.74, 6) is -0.460. The quantitative estimate of drug-likeness (QED) is 0.661. The van der Waals surface area contributed by atoms with E-state index in [0.717, 1.165) is 12.8 Å². The van der Waals surface area contributed by atoms with Gasteiger partial charge in [-0.05, 0) is 64.8 Å². The van der Waals surface area contributed by atoms with E-state index >= 15 is 0 Å². The lowest BCUT2D eigenvalue weighted by atomic mass is 9.80. The topological polar surface area (TPSA) is 41.1 Å². The summed E-state index contributed by atoms with van der Waals surface area (Å²) in [6.45, 7) is 8.76. The number of piperidine rings is 1. The van der Waals surface area contributed by atoms with Gasteiger partial charge in [-0.25, -0.2) is 4.39 Å². The van der Waals surface area contributed by atoms with E-state index in [9.17, 15) is 9.18 Å². The average Bonchev–Trinajstić information content (AvgIpc) is 2.35. The fourth-order valence-electron chi connectivity index (χ4n) is 3.41. The molecule has 0 radical (unpaired) electrons. The first-order valence-electron chi connectivity index (χ1n) is 7.69. The fourth-order valence-corrected chi connectivity index (χ4v) is 3.41. The van der Waals surface area contributed by atoms with Crippen molar-refractivity contribution in [2.45, 2.75) is 57.7 Å². The molecule has 2 N–H and O–H groups in total. The number of halogens is 1. The van der Waals surface area contributed by atoms with Gasteiger partial charge in [-0.15, -0.1) is 0 Å². The Morgan fingerprint density at radius 2 is 1.73 bits per heavy atom. The highest BCUT2D eigenvalue weighted by Crippen LogP contribution is 2.28. The van der Waals surface area contributed by atoms with E-state index in [-0.39, 0.29) is 22.7 Å². The van der Waals surface area contributed by atoms with E-state index < -0.39 is 0 Å². The highest BCUT2D eigenvalue weighted by atomic mass is 19.1. The van der Waals surface area contributed by atoms with Gasteiger partial charge in [0.15, 0.2) is 5.78 Å². The number of benzene rings is 1. The van der Waals surface area contributed by atoms with Crippen molar-refractivity contribution in [3.05, 3.63) is 47.9 Å². The Balaban J connectivity index is 1.94. The van der Waals surface area contributed by atoms with Gasteiger partial charge >= 0.3 is 0 Å². The van der Waals surface area contributed by atoms with E-state index in [1.807, 2.05) is 0 Å². The van der Waals surface area contributed by atoms with Crippen molar-refractivity contribution in [2.75, 3.05) is 0 Å². The molecule has 0 bridgehead atoms. The van der Waals surface area contributed by atoms with Crippen LogP contribution in [0.5, 0.6) is 0 Å². The highest BCUT2D eigenvalue weighted by Gasteiger charge is 2.37. The number of hydrogen-bond acceptors (Lipinski definition) is 3. The summed E-state index contributed by atoms with van der Waals surface area (Å²) in [5, 5.41) is 6.96. The first kappa shape index (κ1) is 16.7. The summed E-state index contributed by atoms with van der Waals surface area (Å²) >= 11 is 0. The third kappa shape index (κ3) is 4.67. The van der Waals surface area contributed by atoms with Crippen molar-refractivity contribution < 1.29 is 9.18 Å². The standard InChI is InChI=1S/C18H25FN2O/c1-17(2)11-15(12-18(3,4)21-17)20-10-9-16(22)13-5-7-14(19)8-6-13/h5-10,15,20-21H,11-12H2,1-4H3/b10-9+. The molecule has 0 amide bonds. The van der Waals surface area contributed by atoms with Crippen LogP contribution in [0.15, 0.2) is 36.5 Å². The normalized spacial score (nSPS) is 21.0. The first-order valence-corrected chi connectivity index (χ1v) is 7.69. The molecule has 0 unspecified atom stereocenters. The van der Waals surface area contributed by atoms with Crippen LogP contribution in [-0.2, 0) is 0 Å². The van der Waals surface area contributed by atoms with Gasteiger partial charge in [0, 0.05) is 35.0 Å². The van der Waals surface area contributed by atoms with Crippen LogP contribution in [-0.4, -0.2) is 22.9 Å². The Morgan fingerprint density at radius 1 is 1.18 bits per heavy atom. The largest absolute Gasteiger partial charge is 0.388 e. The van der Waals surface area contributed by atoms with Gasteiger partial charge in [-0.2, -0.15) is 0 Å². The van der Waals surface area contributed by atoms with Crippen molar-refractivity contribution in [1.29, 1.82) is 0 Å². The van der Waals surface area contributed by atoms with Gasteiger partial charge < -0.3 is 10.6 Å². The third-order valence-electron chi connectivity index (χ3n) is 3.89. The van der Waals surface area contributed by atoms with E-state index in [1.165, 1.54) is 30.3 Å². The molecule has 1 aromatic rings. The summed E-state index contributed by atoms with van der Waals surface area (Å²) in [4.78, 5) is 12.0. The van der Waals surface area contributed by atoms with Gasteiger partial charge in [-0.3, -0.25) is 4.79 Å². The molecule has 22 heavy (non-hydrogen) atoms. The zero-order valence-corrected chi connectivity index (χ0v) is 13.7. The van der Waals surface area contributed by atoms with E-state index in [4.69, 9.17) is 0 Å². The lowest BCUT2D eigenvalue weighted by Crippen LogP contribution is -2.61. The molecule has 0 spiro atoms. The summed E-state index contributed by atoms with van der Waals surface area (Å²) in [6.07, 6.45) is 5.21. The minimum absolute atomic E-state index is 0.0637. The lowest BCUT2D eigenvalue weighted by Gasteiger charge is -2.46. The van der Waals surface area contributed by atoms with Crippen LogP contribution in [0.3, 0.4) is 0 Å². The van der Waals surface area contributed by atoms with Crippen LogP contribution in [0.25, 0.3) is 0 Å². The number of nitrogens with one attached hydrogen (secondary N) is 2. The Hall–Kier alpha value is -1.68. The number of hydrogen-bond donors (Lipinski definition) is 2. The van der Waals surface area contributed by atoms with E-state index in [2.05, 4.69) is 38.3 Å². The van der Waals surface area contributed by atoms with Crippen molar-refractivity contribution in [3.8, 4) is 0 Å². The van der Waals surface area contributed by atoms with Gasteiger partial charge in [0.25, 0.3) is 0 Å². The van der Waals surface area contributed by atoms with Gasteiger partial charge in [0.1, 0.15) is 5.82 Å². The summed E-state index contributed by atoms with van der Waals surface area (Å²) in [7, 11) is 0. The molecule has 1 aliphatic rings. The molecule has 1 saturated heterocycles. The molecule has 0 aromatic heterocycles. The number of carbonyl (C=O) groups is 1. The lowest BCUT2D eigenvalue weighted by molar-refractivity contribution is 0.104. The number of rotatable bonds is 4. The van der Waals surface area contributed by atoms with Crippen LogP contribution in [0.2, 0.25) is 0 Å². The zero-order valence-electron chi connectivity index (χ0n) is 13.7. The molecule has 3 nitrogen and oxygen atoms in total. The van der Waals surface area contributed by atoms with Crippen LogP contribution in [0.4, 0.5) is 4.39 Å². The van der Waals surface area contributed by atoms with Crippen LogP contribution < -0.4 is 10.6 Å². The monoisotopic (exact) mass is 304 g/mol. The Kier molecular flexibility index (Phi) is 4.71. The molecule has 1 aromatic carbocycles. The minimum atomic E-state index is -0.335. The molecule has 0 atom stereocenters. The van der Waals surface area contributed by atoms with Gasteiger partial charge in [0.05, 0.1) is 0 Å². The summed E-state index contributed by atoms with van der Waals surface area (Å²) < 4.78 is 12.8. The maximum atomic E-state index is 12.8. The predicted octanol–water partition coefficient (Wildman–Crippen LogP) is 3.42. The SMILES string of the molecule is CC1(C)CC(N/C=C/C(=O)c2ccc(F)cc2)CC(C)(C)N1. The van der Waals surface area contributed by atoms with E-state index in [0.29, 0.717) is 11.6 Å². The molecule has 1 aliphatic heterocycles. The second-order valence-corrected chi connectivity index (χ2v) is 7.37. The molecule has 120 valence electrons. The molecule has 1 heterocycles. The molecule has 4 heteroatoms. The molecular weight excluding hydrogens is 279 g/mol. The molecule has 0 saturated carbocycles. The number of carbonyl (C=O) groups excluding carboxylic acids is 1. The van der Waals surface area contributed by atoms with Crippen LogP contribution >= 0.6 is 0 Å². The fraction of sp³-hybridized carbons (Fsp3) is 0.500. The predicted molar refractivity (Wildman–Crippen MR) is 87.3 cm³/mol.